The third-order valence-corrected chi connectivity index (χ3v) is 3.53. The Morgan fingerprint density at radius 3 is 2.78 bits per heavy atom. The number of carboxylic acids is 1. The number of H-pyrrole nitrogens is 1. The zero-order valence-corrected chi connectivity index (χ0v) is 9.97. The van der Waals surface area contributed by atoms with Crippen molar-refractivity contribution in [3.05, 3.63) is 24.0 Å². The van der Waals surface area contributed by atoms with E-state index in [0.29, 0.717) is 0 Å². The minimum absolute atomic E-state index is 0.0534. The van der Waals surface area contributed by atoms with E-state index >= 15 is 0 Å². The van der Waals surface area contributed by atoms with Crippen LogP contribution in [0.1, 0.15) is 10.5 Å². The number of rotatable bonds is 4. The fourth-order valence-corrected chi connectivity index (χ4v) is 2.42. The molecule has 2 heterocycles. The SMILES string of the molecule is Cn1nccc1S(=O)(=O)Nc1cc(C(=O)O)[nH]n1. The van der Waals surface area contributed by atoms with Gasteiger partial charge in [-0.2, -0.15) is 18.6 Å². The molecule has 0 atom stereocenters. The molecule has 2 aromatic rings. The van der Waals surface area contributed by atoms with E-state index < -0.39 is 16.0 Å². The molecular weight excluding hydrogens is 262 g/mol. The Kier molecular flexibility index (Phi) is 2.79. The zero-order valence-electron chi connectivity index (χ0n) is 9.15. The van der Waals surface area contributed by atoms with E-state index in [2.05, 4.69) is 20.0 Å². The lowest BCUT2D eigenvalue weighted by Crippen LogP contribution is -2.16. The summed E-state index contributed by atoms with van der Waals surface area (Å²) in [6.45, 7) is 0. The molecule has 18 heavy (non-hydrogen) atoms. The van der Waals surface area contributed by atoms with Gasteiger partial charge in [0, 0.05) is 13.1 Å². The molecule has 0 bridgehead atoms. The molecule has 0 aliphatic heterocycles. The fourth-order valence-electron chi connectivity index (χ4n) is 1.30. The van der Waals surface area contributed by atoms with Crippen LogP contribution in [-0.4, -0.2) is 39.5 Å². The van der Waals surface area contributed by atoms with Crippen molar-refractivity contribution in [2.75, 3.05) is 4.72 Å². The first kappa shape index (κ1) is 12.1. The third-order valence-electron chi connectivity index (χ3n) is 2.10. The number of hydrogen-bond donors (Lipinski definition) is 3. The Morgan fingerprint density at radius 2 is 2.28 bits per heavy atom. The highest BCUT2D eigenvalue weighted by Crippen LogP contribution is 2.13. The average molecular weight is 271 g/mol. The number of aromatic amines is 1. The Bertz CT molecular complexity index is 686. The molecular formula is C8H9N5O4S. The van der Waals surface area contributed by atoms with E-state index in [4.69, 9.17) is 5.11 Å². The van der Waals surface area contributed by atoms with Crippen molar-refractivity contribution in [2.24, 2.45) is 7.05 Å². The quantitative estimate of drug-likeness (QED) is 0.696. The minimum atomic E-state index is -3.84. The molecule has 0 aromatic carbocycles. The smallest absolute Gasteiger partial charge is 0.353 e. The van der Waals surface area contributed by atoms with E-state index in [0.717, 1.165) is 6.07 Å². The van der Waals surface area contributed by atoms with Crippen LogP contribution < -0.4 is 4.72 Å². The van der Waals surface area contributed by atoms with Crippen LogP contribution in [-0.2, 0) is 17.1 Å². The van der Waals surface area contributed by atoms with Gasteiger partial charge in [-0.1, -0.05) is 0 Å². The van der Waals surface area contributed by atoms with Crippen molar-refractivity contribution in [2.45, 2.75) is 5.03 Å². The van der Waals surface area contributed by atoms with Gasteiger partial charge in [0.15, 0.2) is 10.8 Å². The number of carboxylic acid groups (broad SMARTS) is 1. The molecule has 0 aliphatic carbocycles. The van der Waals surface area contributed by atoms with E-state index in [9.17, 15) is 13.2 Å². The lowest BCUT2D eigenvalue weighted by molar-refractivity contribution is 0.0690. The van der Waals surface area contributed by atoms with Gasteiger partial charge < -0.3 is 5.11 Å². The summed E-state index contributed by atoms with van der Waals surface area (Å²) in [6, 6.07) is 2.39. The van der Waals surface area contributed by atoms with Crippen molar-refractivity contribution in [3.8, 4) is 0 Å². The van der Waals surface area contributed by atoms with Crippen molar-refractivity contribution in [1.29, 1.82) is 0 Å². The monoisotopic (exact) mass is 271 g/mol. The molecule has 0 amide bonds. The molecule has 2 aromatic heterocycles. The van der Waals surface area contributed by atoms with Crippen LogP contribution in [0.2, 0.25) is 0 Å². The highest BCUT2D eigenvalue weighted by molar-refractivity contribution is 7.92. The van der Waals surface area contributed by atoms with Crippen LogP contribution in [0, 0.1) is 0 Å². The van der Waals surface area contributed by atoms with Crippen LogP contribution in [0.25, 0.3) is 0 Å². The second-order valence-electron chi connectivity index (χ2n) is 3.37. The molecule has 9 nitrogen and oxygen atoms in total. The molecule has 2 rings (SSSR count). The number of nitrogens with one attached hydrogen (secondary N) is 2. The second kappa shape index (κ2) is 4.14. The van der Waals surface area contributed by atoms with Gasteiger partial charge in [-0.15, -0.1) is 0 Å². The maximum atomic E-state index is 11.9. The summed E-state index contributed by atoms with van der Waals surface area (Å²) in [5.74, 6) is -1.33. The fraction of sp³-hybridized carbons (Fsp3) is 0.125. The number of hydrogen-bond acceptors (Lipinski definition) is 5. The summed E-state index contributed by atoms with van der Waals surface area (Å²) in [5, 5.41) is 18.1. The lowest BCUT2D eigenvalue weighted by Gasteiger charge is -2.04. The predicted molar refractivity (Wildman–Crippen MR) is 59.6 cm³/mol. The standard InChI is InChI=1S/C8H9N5O4S/c1-13-7(2-3-9-13)18(16,17)12-6-4-5(8(14)15)10-11-6/h2-4H,1H3,(H,14,15)(H2,10,11,12). The summed E-state index contributed by atoms with van der Waals surface area (Å²) in [7, 11) is -2.36. The topological polar surface area (TPSA) is 130 Å². The van der Waals surface area contributed by atoms with Gasteiger partial charge in [0.05, 0.1) is 6.20 Å². The summed E-state index contributed by atoms with van der Waals surface area (Å²) in [6.07, 6.45) is 1.34. The van der Waals surface area contributed by atoms with Crippen molar-refractivity contribution in [1.82, 2.24) is 20.0 Å². The van der Waals surface area contributed by atoms with E-state index in [1.54, 1.807) is 0 Å². The van der Waals surface area contributed by atoms with Gasteiger partial charge in [0.1, 0.15) is 5.69 Å². The van der Waals surface area contributed by atoms with Gasteiger partial charge in [-0.25, -0.2) is 4.79 Å². The third kappa shape index (κ3) is 2.18. The van der Waals surface area contributed by atoms with Gasteiger partial charge in [-0.05, 0) is 6.07 Å². The number of sulfonamides is 1. The molecule has 0 unspecified atom stereocenters. The Hall–Kier alpha value is -2.36. The highest BCUT2D eigenvalue weighted by Gasteiger charge is 2.20. The first-order chi connectivity index (χ1) is 8.40. The van der Waals surface area contributed by atoms with Crippen molar-refractivity contribution in [3.63, 3.8) is 0 Å². The normalized spacial score (nSPS) is 11.4. The molecule has 0 saturated heterocycles. The number of aromatic carboxylic acids is 1. The van der Waals surface area contributed by atoms with Crippen molar-refractivity contribution < 1.29 is 18.3 Å². The largest absolute Gasteiger partial charge is 0.477 e. The van der Waals surface area contributed by atoms with E-state index in [-0.39, 0.29) is 16.5 Å². The van der Waals surface area contributed by atoms with E-state index in [1.165, 1.54) is 24.0 Å². The molecule has 0 saturated carbocycles. The minimum Gasteiger partial charge on any atom is -0.477 e. The summed E-state index contributed by atoms with van der Waals surface area (Å²) >= 11 is 0. The Morgan fingerprint density at radius 1 is 1.56 bits per heavy atom. The predicted octanol–water partition coefficient (Wildman–Crippen LogP) is -0.358. The van der Waals surface area contributed by atoms with Crippen LogP contribution in [0.15, 0.2) is 23.4 Å². The zero-order chi connectivity index (χ0) is 13.3. The second-order valence-corrected chi connectivity index (χ2v) is 5.00. The molecule has 0 aliphatic rings. The number of carbonyl (C=O) groups is 1. The van der Waals surface area contributed by atoms with E-state index in [1.807, 2.05) is 0 Å². The van der Waals surface area contributed by atoms with Crippen LogP contribution >= 0.6 is 0 Å². The molecule has 10 heteroatoms. The molecule has 0 fully saturated rings. The van der Waals surface area contributed by atoms with Crippen LogP contribution in [0.4, 0.5) is 5.82 Å². The Labute approximate surface area is 101 Å². The Balaban J connectivity index is 2.28. The maximum Gasteiger partial charge on any atom is 0.353 e. The number of aromatic nitrogens is 4. The lowest BCUT2D eigenvalue weighted by atomic mass is 10.4. The molecule has 3 N–H and O–H groups in total. The first-order valence-corrected chi connectivity index (χ1v) is 6.18. The maximum absolute atomic E-state index is 11.9. The van der Waals surface area contributed by atoms with Gasteiger partial charge in [0.2, 0.25) is 0 Å². The van der Waals surface area contributed by atoms with Gasteiger partial charge >= 0.3 is 5.97 Å². The molecule has 0 spiro atoms. The number of nitrogens with zero attached hydrogens (tertiary/aromatic N) is 3. The number of aryl methyl sites for hydroxylation is 1. The summed E-state index contributed by atoms with van der Waals surface area (Å²) in [4.78, 5) is 10.6. The molecule has 0 radical (unpaired) electrons. The first-order valence-electron chi connectivity index (χ1n) is 4.69. The summed E-state index contributed by atoms with van der Waals surface area (Å²) < 4.78 is 27.1. The molecule has 96 valence electrons. The average Bonchev–Trinajstić information content (AvgIpc) is 2.86. The van der Waals surface area contributed by atoms with Crippen LogP contribution in [0.5, 0.6) is 0 Å². The highest BCUT2D eigenvalue weighted by atomic mass is 32.2. The number of anilines is 1. The van der Waals surface area contributed by atoms with Crippen LogP contribution in [0.3, 0.4) is 0 Å². The summed E-state index contributed by atoms with van der Waals surface area (Å²) in [5.41, 5.74) is -0.210. The van der Waals surface area contributed by atoms with Gasteiger partial charge in [0.25, 0.3) is 10.0 Å². The van der Waals surface area contributed by atoms with Crippen molar-refractivity contribution >= 4 is 21.8 Å². The van der Waals surface area contributed by atoms with Gasteiger partial charge in [-0.3, -0.25) is 14.5 Å².